The first kappa shape index (κ1) is 16.3. The normalized spacial score (nSPS) is 20.9. The second-order valence-corrected chi connectivity index (χ2v) is 6.38. The molecule has 0 saturated carbocycles. The van der Waals surface area contributed by atoms with Crippen LogP contribution in [0, 0.1) is 0 Å². The molecule has 1 amide bonds. The van der Waals surface area contributed by atoms with Gasteiger partial charge in [0.15, 0.2) is 0 Å². The average Bonchev–Trinajstić information content (AvgIpc) is 2.36. The van der Waals surface area contributed by atoms with Crippen LogP contribution < -0.4 is 5.32 Å². The predicted molar refractivity (Wildman–Crippen MR) is 82.0 cm³/mol. The van der Waals surface area contributed by atoms with Crippen molar-refractivity contribution < 1.29 is 19.1 Å². The molecule has 0 aliphatic carbocycles. The van der Waals surface area contributed by atoms with E-state index in [9.17, 15) is 9.59 Å². The van der Waals surface area contributed by atoms with Gasteiger partial charge in [0.05, 0.1) is 11.3 Å². The summed E-state index contributed by atoms with van der Waals surface area (Å²) < 4.78 is 10.5. The number of nitrogens with one attached hydrogen (secondary N) is 1. The first-order valence-corrected chi connectivity index (χ1v) is 7.43. The van der Waals surface area contributed by atoms with E-state index < -0.39 is 11.7 Å². The molecule has 2 heterocycles. The zero-order valence-electron chi connectivity index (χ0n) is 13.6. The molecule has 22 heavy (non-hydrogen) atoms. The summed E-state index contributed by atoms with van der Waals surface area (Å²) in [7, 11) is 0. The minimum absolute atomic E-state index is 0.0214. The number of cyclic esters (lactones) is 1. The first-order valence-electron chi connectivity index (χ1n) is 7.43. The summed E-state index contributed by atoms with van der Waals surface area (Å²) in [6.45, 7) is 9.23. The number of anilines is 1. The second-order valence-electron chi connectivity index (χ2n) is 6.38. The van der Waals surface area contributed by atoms with Gasteiger partial charge in [-0.1, -0.05) is 6.92 Å². The quantitative estimate of drug-likeness (QED) is 0.846. The van der Waals surface area contributed by atoms with E-state index in [4.69, 9.17) is 9.47 Å². The van der Waals surface area contributed by atoms with Crippen LogP contribution in [0.25, 0.3) is 0 Å². The van der Waals surface area contributed by atoms with Gasteiger partial charge in [0.2, 0.25) is 0 Å². The molecule has 6 nitrogen and oxygen atoms in total. The molecule has 0 fully saturated rings. The fourth-order valence-electron chi connectivity index (χ4n) is 2.47. The van der Waals surface area contributed by atoms with Gasteiger partial charge in [-0.3, -0.25) is 5.32 Å². The Kier molecular flexibility index (Phi) is 4.39. The Bertz CT molecular complexity index is 592. The molecule has 0 bridgehead atoms. The van der Waals surface area contributed by atoms with Crippen LogP contribution in [-0.2, 0) is 9.47 Å². The molecule has 2 atom stereocenters. The first-order chi connectivity index (χ1) is 10.2. The Balaban J connectivity index is 2.25. The van der Waals surface area contributed by atoms with Crippen LogP contribution in [0.5, 0.6) is 0 Å². The van der Waals surface area contributed by atoms with Crippen LogP contribution in [0.2, 0.25) is 0 Å². The van der Waals surface area contributed by atoms with Gasteiger partial charge in [0.1, 0.15) is 17.5 Å². The largest absolute Gasteiger partial charge is 0.458 e. The Labute approximate surface area is 130 Å². The summed E-state index contributed by atoms with van der Waals surface area (Å²) in [4.78, 5) is 28.1. The molecule has 2 rings (SSSR count). The molecule has 0 radical (unpaired) electrons. The highest BCUT2D eigenvalue weighted by molar-refractivity contribution is 5.93. The monoisotopic (exact) mass is 306 g/mol. The number of hydrogen-bond donors (Lipinski definition) is 1. The van der Waals surface area contributed by atoms with Crippen molar-refractivity contribution in [1.29, 1.82) is 0 Å². The van der Waals surface area contributed by atoms with Crippen molar-refractivity contribution in [2.45, 2.75) is 58.7 Å². The fourth-order valence-corrected chi connectivity index (χ4v) is 2.47. The second kappa shape index (κ2) is 5.94. The van der Waals surface area contributed by atoms with Crippen molar-refractivity contribution >= 4 is 17.9 Å². The molecule has 0 unspecified atom stereocenters. The summed E-state index contributed by atoms with van der Waals surface area (Å²) >= 11 is 0. The van der Waals surface area contributed by atoms with Crippen LogP contribution in [0.1, 0.15) is 63.0 Å². The van der Waals surface area contributed by atoms with E-state index in [-0.39, 0.29) is 18.0 Å². The number of carbonyl (C=O) groups is 2. The SMILES string of the molecule is CC[C@H]1c2nc(NC(=O)OC(C)(C)C)ccc2C(=O)O[C@H]1C. The van der Waals surface area contributed by atoms with Gasteiger partial charge >= 0.3 is 12.1 Å². The van der Waals surface area contributed by atoms with E-state index in [1.165, 1.54) is 0 Å². The molecule has 6 heteroatoms. The Morgan fingerprint density at radius 3 is 2.68 bits per heavy atom. The topological polar surface area (TPSA) is 77.5 Å². The molecule has 120 valence electrons. The van der Waals surface area contributed by atoms with Crippen molar-refractivity contribution in [3.8, 4) is 0 Å². The maximum absolute atomic E-state index is 11.9. The molecule has 1 aliphatic rings. The average molecular weight is 306 g/mol. The number of pyridine rings is 1. The number of carbonyl (C=O) groups excluding carboxylic acids is 2. The fraction of sp³-hybridized carbons (Fsp3) is 0.562. The maximum Gasteiger partial charge on any atom is 0.413 e. The van der Waals surface area contributed by atoms with E-state index >= 15 is 0 Å². The van der Waals surface area contributed by atoms with Crippen molar-refractivity contribution in [1.82, 2.24) is 4.98 Å². The van der Waals surface area contributed by atoms with Crippen LogP contribution in [0.4, 0.5) is 10.6 Å². The number of fused-ring (bicyclic) bond motifs is 1. The zero-order chi connectivity index (χ0) is 16.5. The molecular formula is C16H22N2O4. The van der Waals surface area contributed by atoms with E-state index in [0.717, 1.165) is 6.42 Å². The van der Waals surface area contributed by atoms with Crippen molar-refractivity contribution in [2.24, 2.45) is 0 Å². The number of rotatable bonds is 2. The Morgan fingerprint density at radius 1 is 1.41 bits per heavy atom. The van der Waals surface area contributed by atoms with E-state index in [1.807, 2.05) is 13.8 Å². The molecule has 1 aromatic rings. The van der Waals surface area contributed by atoms with Crippen molar-refractivity contribution in [3.05, 3.63) is 23.4 Å². The molecule has 1 N–H and O–H groups in total. The lowest BCUT2D eigenvalue weighted by atomic mass is 9.90. The zero-order valence-corrected chi connectivity index (χ0v) is 13.6. The lowest BCUT2D eigenvalue weighted by Gasteiger charge is -2.29. The molecule has 0 aromatic carbocycles. The third-order valence-electron chi connectivity index (χ3n) is 3.42. The smallest absolute Gasteiger partial charge is 0.413 e. The molecular weight excluding hydrogens is 284 g/mol. The van der Waals surface area contributed by atoms with E-state index in [2.05, 4.69) is 10.3 Å². The van der Waals surface area contributed by atoms with Crippen molar-refractivity contribution in [3.63, 3.8) is 0 Å². The van der Waals surface area contributed by atoms with Crippen LogP contribution in [-0.4, -0.2) is 28.8 Å². The van der Waals surface area contributed by atoms with Crippen LogP contribution >= 0.6 is 0 Å². The molecule has 1 aromatic heterocycles. The number of hydrogen-bond acceptors (Lipinski definition) is 5. The lowest BCUT2D eigenvalue weighted by molar-refractivity contribution is 0.0215. The van der Waals surface area contributed by atoms with Gasteiger partial charge in [-0.2, -0.15) is 0 Å². The Hall–Kier alpha value is -2.11. The summed E-state index contributed by atoms with van der Waals surface area (Å²) in [6, 6.07) is 3.21. The van der Waals surface area contributed by atoms with Crippen molar-refractivity contribution in [2.75, 3.05) is 5.32 Å². The summed E-state index contributed by atoms with van der Waals surface area (Å²) in [5.74, 6) is 0.0185. The highest BCUT2D eigenvalue weighted by Crippen LogP contribution is 2.33. The summed E-state index contributed by atoms with van der Waals surface area (Å²) in [6.07, 6.45) is -0.00152. The highest BCUT2D eigenvalue weighted by Gasteiger charge is 2.33. The highest BCUT2D eigenvalue weighted by atomic mass is 16.6. The minimum Gasteiger partial charge on any atom is -0.458 e. The number of amides is 1. The number of esters is 1. The predicted octanol–water partition coefficient (Wildman–Crippen LogP) is 3.48. The van der Waals surface area contributed by atoms with E-state index in [0.29, 0.717) is 17.1 Å². The standard InChI is InChI=1S/C16H22N2O4/c1-6-10-9(2)21-14(19)11-7-8-12(17-13(10)11)18-15(20)22-16(3,4)5/h7-10H,6H2,1-5H3,(H,17,18,20)/t9-,10+/m0/s1. The number of nitrogens with zero attached hydrogens (tertiary/aromatic N) is 1. The van der Waals surface area contributed by atoms with Gasteiger partial charge in [-0.05, 0) is 46.2 Å². The summed E-state index contributed by atoms with van der Waals surface area (Å²) in [5.41, 5.74) is 0.544. The van der Waals surface area contributed by atoms with Crippen LogP contribution in [0.15, 0.2) is 12.1 Å². The minimum atomic E-state index is -0.581. The van der Waals surface area contributed by atoms with Gasteiger partial charge in [-0.25, -0.2) is 14.6 Å². The van der Waals surface area contributed by atoms with Gasteiger partial charge in [0.25, 0.3) is 0 Å². The lowest BCUT2D eigenvalue weighted by Crippen LogP contribution is -2.31. The van der Waals surface area contributed by atoms with Crippen LogP contribution in [0.3, 0.4) is 0 Å². The third kappa shape index (κ3) is 3.55. The number of aromatic nitrogens is 1. The van der Waals surface area contributed by atoms with Gasteiger partial charge in [0, 0.05) is 5.92 Å². The number of ether oxygens (including phenoxy) is 2. The molecule has 0 saturated heterocycles. The summed E-state index contributed by atoms with van der Waals surface area (Å²) in [5, 5.41) is 2.60. The third-order valence-corrected chi connectivity index (χ3v) is 3.42. The van der Waals surface area contributed by atoms with Gasteiger partial charge < -0.3 is 9.47 Å². The molecule has 0 spiro atoms. The Morgan fingerprint density at radius 2 is 2.09 bits per heavy atom. The van der Waals surface area contributed by atoms with E-state index in [1.54, 1.807) is 32.9 Å². The van der Waals surface area contributed by atoms with Gasteiger partial charge in [-0.15, -0.1) is 0 Å². The maximum atomic E-state index is 11.9. The molecule has 1 aliphatic heterocycles.